The van der Waals surface area contributed by atoms with Crippen molar-refractivity contribution in [3.63, 3.8) is 0 Å². The summed E-state index contributed by atoms with van der Waals surface area (Å²) in [4.78, 5) is 33.6. The summed E-state index contributed by atoms with van der Waals surface area (Å²) in [5.74, 6) is -0.0117. The van der Waals surface area contributed by atoms with E-state index in [2.05, 4.69) is 4.98 Å². The third-order valence-electron chi connectivity index (χ3n) is 5.42. The van der Waals surface area contributed by atoms with Gasteiger partial charge in [-0.15, -0.1) is 11.3 Å². The fourth-order valence-corrected chi connectivity index (χ4v) is 4.94. The fourth-order valence-electron chi connectivity index (χ4n) is 3.74. The molecule has 0 unspecified atom stereocenters. The summed E-state index contributed by atoms with van der Waals surface area (Å²) in [7, 11) is 0. The van der Waals surface area contributed by atoms with Crippen LogP contribution in [0.2, 0.25) is 0 Å². The number of hydrogen-bond donors (Lipinski definition) is 0. The van der Waals surface area contributed by atoms with Crippen LogP contribution in [0.25, 0.3) is 10.2 Å². The van der Waals surface area contributed by atoms with Crippen molar-refractivity contribution < 1.29 is 9.53 Å². The molecule has 1 amide bonds. The molecule has 1 aliphatic carbocycles. The monoisotopic (exact) mass is 395 g/mol. The van der Waals surface area contributed by atoms with Gasteiger partial charge in [0, 0.05) is 17.5 Å². The third kappa shape index (κ3) is 3.25. The van der Waals surface area contributed by atoms with Crippen molar-refractivity contribution in [2.24, 2.45) is 0 Å². The Morgan fingerprint density at radius 2 is 2.07 bits per heavy atom. The molecule has 1 saturated carbocycles. The van der Waals surface area contributed by atoms with Crippen molar-refractivity contribution >= 4 is 27.5 Å². The minimum absolute atomic E-state index is 0.0117. The molecule has 3 heterocycles. The SMILES string of the molecule is O=C(COCc1ccccc1)N1CCc2c(sc3ncn(C4CC4)c(=O)c23)C1. The van der Waals surface area contributed by atoms with Gasteiger partial charge in [0.2, 0.25) is 5.91 Å². The Labute approximate surface area is 166 Å². The lowest BCUT2D eigenvalue weighted by Crippen LogP contribution is -2.37. The normalized spacial score (nSPS) is 16.4. The van der Waals surface area contributed by atoms with Gasteiger partial charge in [0.05, 0.1) is 24.9 Å². The summed E-state index contributed by atoms with van der Waals surface area (Å²) in [6.07, 6.45) is 4.51. The van der Waals surface area contributed by atoms with Gasteiger partial charge in [-0.2, -0.15) is 0 Å². The highest BCUT2D eigenvalue weighted by molar-refractivity contribution is 7.18. The van der Waals surface area contributed by atoms with Gasteiger partial charge < -0.3 is 9.64 Å². The third-order valence-corrected chi connectivity index (χ3v) is 6.54. The Kier molecular flexibility index (Phi) is 4.49. The molecule has 28 heavy (non-hydrogen) atoms. The van der Waals surface area contributed by atoms with Gasteiger partial charge in [0.25, 0.3) is 5.56 Å². The topological polar surface area (TPSA) is 64.4 Å². The first-order valence-corrected chi connectivity index (χ1v) is 10.4. The number of amides is 1. The van der Waals surface area contributed by atoms with E-state index in [9.17, 15) is 9.59 Å². The lowest BCUT2D eigenvalue weighted by molar-refractivity contribution is -0.137. The molecular formula is C21H21N3O3S. The maximum absolute atomic E-state index is 12.9. The highest BCUT2D eigenvalue weighted by atomic mass is 32.1. The minimum atomic E-state index is -0.0117. The quantitative estimate of drug-likeness (QED) is 0.666. The summed E-state index contributed by atoms with van der Waals surface area (Å²) in [6, 6.07) is 10.2. The molecule has 1 fully saturated rings. The van der Waals surface area contributed by atoms with Gasteiger partial charge in [-0.1, -0.05) is 30.3 Å². The van der Waals surface area contributed by atoms with Gasteiger partial charge in [-0.05, 0) is 30.4 Å². The Morgan fingerprint density at radius 1 is 1.25 bits per heavy atom. The van der Waals surface area contributed by atoms with E-state index in [1.54, 1.807) is 10.9 Å². The zero-order chi connectivity index (χ0) is 19.1. The van der Waals surface area contributed by atoms with Gasteiger partial charge in [0.15, 0.2) is 0 Å². The van der Waals surface area contributed by atoms with E-state index in [0.29, 0.717) is 32.2 Å². The molecule has 144 valence electrons. The first-order chi connectivity index (χ1) is 13.7. The fraction of sp³-hybridized carbons (Fsp3) is 0.381. The van der Waals surface area contributed by atoms with Crippen molar-refractivity contribution in [3.8, 4) is 0 Å². The molecule has 6 nitrogen and oxygen atoms in total. The molecule has 1 aliphatic heterocycles. The molecule has 3 aromatic rings. The molecule has 2 aliphatic rings. The van der Waals surface area contributed by atoms with Crippen LogP contribution in [0.15, 0.2) is 41.5 Å². The second kappa shape index (κ2) is 7.14. The summed E-state index contributed by atoms with van der Waals surface area (Å²) in [6.45, 7) is 1.65. The lowest BCUT2D eigenvalue weighted by Gasteiger charge is -2.26. The first kappa shape index (κ1) is 17.6. The van der Waals surface area contributed by atoms with Crippen LogP contribution in [0.4, 0.5) is 0 Å². The molecule has 7 heteroatoms. The standard InChI is InChI=1S/C21H21N3O3S/c25-18(12-27-11-14-4-2-1-3-5-14)23-9-8-16-17(10-23)28-20-19(16)21(26)24(13-22-20)15-6-7-15/h1-5,13,15H,6-12H2. The Balaban J connectivity index is 1.29. The molecule has 5 rings (SSSR count). The zero-order valence-electron chi connectivity index (χ0n) is 15.5. The number of benzene rings is 1. The van der Waals surface area contributed by atoms with E-state index in [4.69, 9.17) is 4.74 Å². The number of ether oxygens (including phenoxy) is 1. The largest absolute Gasteiger partial charge is 0.367 e. The number of aromatic nitrogens is 2. The van der Waals surface area contributed by atoms with Crippen LogP contribution < -0.4 is 5.56 Å². The van der Waals surface area contributed by atoms with E-state index in [1.807, 2.05) is 35.2 Å². The number of carbonyl (C=O) groups excluding carboxylic acids is 1. The van der Waals surface area contributed by atoms with Crippen LogP contribution >= 0.6 is 11.3 Å². The maximum atomic E-state index is 12.9. The number of carbonyl (C=O) groups is 1. The van der Waals surface area contributed by atoms with Gasteiger partial charge in [0.1, 0.15) is 11.4 Å². The Morgan fingerprint density at radius 3 is 2.86 bits per heavy atom. The second-order valence-electron chi connectivity index (χ2n) is 7.42. The van der Waals surface area contributed by atoms with Crippen molar-refractivity contribution in [1.29, 1.82) is 0 Å². The van der Waals surface area contributed by atoms with Gasteiger partial charge in [-0.3, -0.25) is 14.2 Å². The van der Waals surface area contributed by atoms with Crippen molar-refractivity contribution in [1.82, 2.24) is 14.5 Å². The smallest absolute Gasteiger partial charge is 0.262 e. The van der Waals surface area contributed by atoms with E-state index in [1.165, 1.54) is 11.3 Å². The van der Waals surface area contributed by atoms with Crippen LogP contribution in [0.1, 0.15) is 34.9 Å². The highest BCUT2D eigenvalue weighted by Crippen LogP contribution is 2.36. The molecular weight excluding hydrogens is 374 g/mol. The Bertz CT molecular complexity index is 1090. The summed E-state index contributed by atoms with van der Waals surface area (Å²) in [5.41, 5.74) is 2.22. The number of hydrogen-bond acceptors (Lipinski definition) is 5. The molecule has 2 aromatic heterocycles. The summed E-state index contributed by atoms with van der Waals surface area (Å²) in [5, 5.41) is 0.766. The van der Waals surface area contributed by atoms with E-state index < -0.39 is 0 Å². The van der Waals surface area contributed by atoms with Crippen LogP contribution in [0, 0.1) is 0 Å². The molecule has 0 N–H and O–H groups in total. The van der Waals surface area contributed by atoms with Gasteiger partial charge >= 0.3 is 0 Å². The number of thiophene rings is 1. The van der Waals surface area contributed by atoms with Crippen molar-refractivity contribution in [3.05, 3.63) is 63.0 Å². The first-order valence-electron chi connectivity index (χ1n) is 9.61. The van der Waals surface area contributed by atoms with Crippen LogP contribution in [0.3, 0.4) is 0 Å². The molecule has 0 atom stereocenters. The van der Waals surface area contributed by atoms with E-state index in [0.717, 1.165) is 39.1 Å². The molecule has 0 saturated heterocycles. The predicted molar refractivity (Wildman–Crippen MR) is 107 cm³/mol. The predicted octanol–water partition coefficient (Wildman–Crippen LogP) is 2.89. The summed E-state index contributed by atoms with van der Waals surface area (Å²) < 4.78 is 7.38. The molecule has 1 aromatic carbocycles. The van der Waals surface area contributed by atoms with E-state index in [-0.39, 0.29) is 18.1 Å². The van der Waals surface area contributed by atoms with Gasteiger partial charge in [-0.25, -0.2) is 4.98 Å². The average molecular weight is 395 g/mol. The molecule has 0 radical (unpaired) electrons. The van der Waals surface area contributed by atoms with Crippen molar-refractivity contribution in [2.45, 2.75) is 38.5 Å². The second-order valence-corrected chi connectivity index (χ2v) is 8.50. The van der Waals surface area contributed by atoms with Crippen LogP contribution in [-0.4, -0.2) is 33.5 Å². The van der Waals surface area contributed by atoms with Crippen LogP contribution in [-0.2, 0) is 29.1 Å². The number of fused-ring (bicyclic) bond motifs is 3. The Hall–Kier alpha value is -2.51. The number of rotatable bonds is 5. The molecule has 0 spiro atoms. The minimum Gasteiger partial charge on any atom is -0.367 e. The maximum Gasteiger partial charge on any atom is 0.262 e. The highest BCUT2D eigenvalue weighted by Gasteiger charge is 2.29. The van der Waals surface area contributed by atoms with E-state index >= 15 is 0 Å². The van der Waals surface area contributed by atoms with Crippen LogP contribution in [0.5, 0.6) is 0 Å². The molecule has 0 bridgehead atoms. The van der Waals surface area contributed by atoms with Crippen molar-refractivity contribution in [2.75, 3.05) is 13.2 Å². The zero-order valence-corrected chi connectivity index (χ0v) is 16.3. The average Bonchev–Trinajstić information content (AvgIpc) is 3.48. The number of nitrogens with zero attached hydrogens (tertiary/aromatic N) is 3. The summed E-state index contributed by atoms with van der Waals surface area (Å²) >= 11 is 1.54. The lowest BCUT2D eigenvalue weighted by atomic mass is 10.1.